The van der Waals surface area contributed by atoms with E-state index in [0.29, 0.717) is 22.9 Å². The first-order valence-electron chi connectivity index (χ1n) is 8.01. The number of aryl methyl sites for hydroxylation is 1. The summed E-state index contributed by atoms with van der Waals surface area (Å²) < 4.78 is 1.81. The lowest BCUT2D eigenvalue weighted by atomic mass is 10.1. The van der Waals surface area contributed by atoms with Crippen molar-refractivity contribution in [2.75, 3.05) is 11.9 Å². The van der Waals surface area contributed by atoms with Crippen LogP contribution in [0.2, 0.25) is 5.02 Å². The summed E-state index contributed by atoms with van der Waals surface area (Å²) in [7, 11) is 1.87. The number of aromatic amines is 1. The first-order chi connectivity index (χ1) is 12.6. The van der Waals surface area contributed by atoms with Crippen LogP contribution in [-0.4, -0.2) is 37.4 Å². The minimum Gasteiger partial charge on any atom is -0.321 e. The lowest BCUT2D eigenvalue weighted by Gasteiger charge is -2.13. The molecule has 0 aliphatic carbocycles. The van der Waals surface area contributed by atoms with E-state index in [-0.39, 0.29) is 18.3 Å². The molecule has 1 aliphatic rings. The molecule has 1 aromatic carbocycles. The highest BCUT2D eigenvalue weighted by Crippen LogP contribution is 2.33. The van der Waals surface area contributed by atoms with Gasteiger partial charge < -0.3 is 15.2 Å². The molecule has 2 aromatic heterocycles. The highest BCUT2D eigenvalue weighted by molar-refractivity contribution is 7.99. The summed E-state index contributed by atoms with van der Waals surface area (Å²) in [6.07, 6.45) is 2.47. The van der Waals surface area contributed by atoms with E-state index >= 15 is 0 Å². The molecule has 3 N–H and O–H groups in total. The smallest absolute Gasteiger partial charge is 0.276 e. The van der Waals surface area contributed by atoms with E-state index in [1.807, 2.05) is 17.7 Å². The van der Waals surface area contributed by atoms with Gasteiger partial charge in [-0.2, -0.15) is 5.10 Å². The minimum atomic E-state index is -0.254. The molecule has 0 fully saturated rings. The molecule has 11 heteroatoms. The molecule has 0 unspecified atom stereocenters. The van der Waals surface area contributed by atoms with E-state index in [1.165, 1.54) is 11.8 Å². The Morgan fingerprint density at radius 1 is 1.41 bits per heavy atom. The molecule has 27 heavy (non-hydrogen) atoms. The summed E-state index contributed by atoms with van der Waals surface area (Å²) in [5.74, 6) is -0.254. The SMILES string of the molecule is Cl.Cn1cnnc1Sc1ccc(NC(=O)c2n[nH]c3c2CNCC3)cc1Cl. The third kappa shape index (κ3) is 4.11. The van der Waals surface area contributed by atoms with Gasteiger partial charge >= 0.3 is 0 Å². The van der Waals surface area contributed by atoms with Crippen molar-refractivity contribution in [2.24, 2.45) is 7.05 Å². The zero-order valence-corrected chi connectivity index (χ0v) is 16.7. The van der Waals surface area contributed by atoms with Gasteiger partial charge in [-0.1, -0.05) is 11.6 Å². The van der Waals surface area contributed by atoms with Gasteiger partial charge in [-0.05, 0) is 30.0 Å². The fourth-order valence-corrected chi connectivity index (χ4v) is 3.79. The van der Waals surface area contributed by atoms with Crippen LogP contribution in [0.15, 0.2) is 34.6 Å². The number of hydrogen-bond acceptors (Lipinski definition) is 6. The zero-order chi connectivity index (χ0) is 18.1. The highest BCUT2D eigenvalue weighted by Gasteiger charge is 2.21. The molecule has 4 rings (SSSR count). The van der Waals surface area contributed by atoms with Gasteiger partial charge in [-0.15, -0.1) is 22.6 Å². The van der Waals surface area contributed by atoms with Crippen molar-refractivity contribution >= 4 is 47.4 Å². The molecule has 0 saturated heterocycles. The number of aromatic nitrogens is 5. The van der Waals surface area contributed by atoms with Crippen molar-refractivity contribution in [3.63, 3.8) is 0 Å². The Kier molecular flexibility index (Phi) is 6.05. The van der Waals surface area contributed by atoms with E-state index in [1.54, 1.807) is 18.5 Å². The largest absolute Gasteiger partial charge is 0.321 e. The molecule has 1 amide bonds. The third-order valence-corrected chi connectivity index (χ3v) is 5.64. The molecule has 3 heterocycles. The normalized spacial score (nSPS) is 13.0. The fraction of sp³-hybridized carbons (Fsp3) is 0.250. The maximum absolute atomic E-state index is 12.6. The van der Waals surface area contributed by atoms with E-state index in [9.17, 15) is 4.79 Å². The summed E-state index contributed by atoms with van der Waals surface area (Å²) in [5, 5.41) is 22.4. The maximum atomic E-state index is 12.6. The van der Waals surface area contributed by atoms with Crippen molar-refractivity contribution < 1.29 is 4.79 Å². The second kappa shape index (κ2) is 8.30. The number of carbonyl (C=O) groups is 1. The van der Waals surface area contributed by atoms with Gasteiger partial charge in [-0.25, -0.2) is 0 Å². The van der Waals surface area contributed by atoms with E-state index in [2.05, 4.69) is 31.0 Å². The predicted molar refractivity (Wildman–Crippen MR) is 106 cm³/mol. The number of halogens is 2. The molecular weight excluding hydrogens is 409 g/mol. The van der Waals surface area contributed by atoms with Gasteiger partial charge in [0.2, 0.25) is 0 Å². The third-order valence-electron chi connectivity index (χ3n) is 4.08. The second-order valence-electron chi connectivity index (χ2n) is 5.88. The number of carbonyl (C=O) groups excluding carboxylic acids is 1. The monoisotopic (exact) mass is 425 g/mol. The average Bonchev–Trinajstić information content (AvgIpc) is 3.23. The van der Waals surface area contributed by atoms with Gasteiger partial charge in [0.15, 0.2) is 10.9 Å². The number of hydrogen-bond donors (Lipinski definition) is 3. The van der Waals surface area contributed by atoms with Crippen molar-refractivity contribution in [3.8, 4) is 0 Å². The average molecular weight is 426 g/mol. The Balaban J connectivity index is 0.00000210. The molecule has 0 atom stereocenters. The Bertz CT molecular complexity index is 972. The number of nitrogens with zero attached hydrogens (tertiary/aromatic N) is 4. The van der Waals surface area contributed by atoms with Crippen molar-refractivity contribution in [2.45, 2.75) is 23.0 Å². The van der Waals surface area contributed by atoms with Crippen molar-refractivity contribution in [3.05, 3.63) is 46.5 Å². The van der Waals surface area contributed by atoms with E-state index < -0.39 is 0 Å². The molecular formula is C16H17Cl2N7OS. The van der Waals surface area contributed by atoms with Gasteiger partial charge in [0.25, 0.3) is 5.91 Å². The molecule has 0 saturated carbocycles. The van der Waals surface area contributed by atoms with Gasteiger partial charge in [0.1, 0.15) is 6.33 Å². The number of nitrogens with one attached hydrogen (secondary N) is 3. The molecule has 1 aliphatic heterocycles. The van der Waals surface area contributed by atoms with Crippen LogP contribution in [0.4, 0.5) is 5.69 Å². The molecule has 142 valence electrons. The van der Waals surface area contributed by atoms with Crippen LogP contribution in [0, 0.1) is 0 Å². The van der Waals surface area contributed by atoms with Gasteiger partial charge in [0, 0.05) is 48.4 Å². The van der Waals surface area contributed by atoms with Crippen LogP contribution >= 0.6 is 35.8 Å². The summed E-state index contributed by atoms with van der Waals surface area (Å²) in [6.45, 7) is 1.53. The number of benzene rings is 1. The zero-order valence-electron chi connectivity index (χ0n) is 14.3. The molecule has 0 spiro atoms. The van der Waals surface area contributed by atoms with Crippen molar-refractivity contribution in [1.82, 2.24) is 30.3 Å². The predicted octanol–water partition coefficient (Wildman–Crippen LogP) is 2.66. The fourth-order valence-electron chi connectivity index (χ4n) is 2.73. The lowest BCUT2D eigenvalue weighted by Crippen LogP contribution is -2.25. The Morgan fingerprint density at radius 2 is 2.26 bits per heavy atom. The number of anilines is 1. The maximum Gasteiger partial charge on any atom is 0.276 e. The number of amides is 1. The minimum absolute atomic E-state index is 0. The van der Waals surface area contributed by atoms with E-state index in [4.69, 9.17) is 11.6 Å². The van der Waals surface area contributed by atoms with Crippen LogP contribution in [0.3, 0.4) is 0 Å². The molecule has 0 radical (unpaired) electrons. The second-order valence-corrected chi connectivity index (χ2v) is 7.30. The van der Waals surface area contributed by atoms with Gasteiger partial charge in [0.05, 0.1) is 5.02 Å². The van der Waals surface area contributed by atoms with Crippen LogP contribution in [0.1, 0.15) is 21.7 Å². The summed E-state index contributed by atoms with van der Waals surface area (Å²) in [6, 6.07) is 5.37. The summed E-state index contributed by atoms with van der Waals surface area (Å²) in [4.78, 5) is 13.4. The number of fused-ring (bicyclic) bond motifs is 1. The van der Waals surface area contributed by atoms with Crippen LogP contribution in [0.5, 0.6) is 0 Å². The first kappa shape index (κ1) is 19.7. The first-order valence-corrected chi connectivity index (χ1v) is 9.21. The van der Waals surface area contributed by atoms with Crippen molar-refractivity contribution in [1.29, 1.82) is 0 Å². The quantitative estimate of drug-likeness (QED) is 0.593. The number of rotatable bonds is 4. The Morgan fingerprint density at radius 3 is 3.00 bits per heavy atom. The van der Waals surface area contributed by atoms with Crippen LogP contribution < -0.4 is 10.6 Å². The molecule has 3 aromatic rings. The van der Waals surface area contributed by atoms with Gasteiger partial charge in [-0.3, -0.25) is 9.89 Å². The Hall–Kier alpha value is -2.07. The molecule has 8 nitrogen and oxygen atoms in total. The lowest BCUT2D eigenvalue weighted by molar-refractivity contribution is 0.102. The highest BCUT2D eigenvalue weighted by atomic mass is 35.5. The Labute approximate surface area is 170 Å². The topological polar surface area (TPSA) is 101 Å². The molecule has 0 bridgehead atoms. The van der Waals surface area contributed by atoms with E-state index in [0.717, 1.165) is 34.3 Å². The van der Waals surface area contributed by atoms with Crippen LogP contribution in [-0.2, 0) is 20.0 Å². The summed E-state index contributed by atoms with van der Waals surface area (Å²) in [5.41, 5.74) is 2.97. The summed E-state index contributed by atoms with van der Waals surface area (Å²) >= 11 is 7.77. The van der Waals surface area contributed by atoms with Crippen LogP contribution in [0.25, 0.3) is 0 Å². The standard InChI is InChI=1S/C16H16ClN7OS.ClH/c1-24-8-19-23-16(24)26-13-3-2-9(6-11(13)17)20-15(25)14-10-7-18-5-4-12(10)21-22-14;/h2-3,6,8,18H,4-5,7H2,1H3,(H,20,25)(H,21,22);1H. The number of H-pyrrole nitrogens is 1.